The first-order valence-corrected chi connectivity index (χ1v) is 8.29. The maximum absolute atomic E-state index is 12.2. The van der Waals surface area contributed by atoms with Crippen molar-refractivity contribution in [2.45, 2.75) is 4.90 Å². The summed E-state index contributed by atoms with van der Waals surface area (Å²) in [7, 11) is -3.63. The van der Waals surface area contributed by atoms with Crippen molar-refractivity contribution in [1.82, 2.24) is 0 Å². The first kappa shape index (κ1) is 14.4. The second kappa shape index (κ2) is 5.52. The van der Waals surface area contributed by atoms with Gasteiger partial charge in [-0.25, -0.2) is 8.42 Å². The first-order valence-electron chi connectivity index (χ1n) is 5.22. The van der Waals surface area contributed by atoms with Gasteiger partial charge in [0.05, 0.1) is 0 Å². The van der Waals surface area contributed by atoms with Crippen LogP contribution >= 0.6 is 31.9 Å². The average Bonchev–Trinajstić information content (AvgIpc) is 2.31. The summed E-state index contributed by atoms with van der Waals surface area (Å²) in [6.07, 6.45) is 0. The number of hydrogen-bond donors (Lipinski definition) is 2. The minimum atomic E-state index is -3.63. The van der Waals surface area contributed by atoms with Crippen LogP contribution in [0.4, 0.5) is 11.4 Å². The van der Waals surface area contributed by atoms with E-state index in [0.717, 1.165) is 4.47 Å². The third-order valence-corrected chi connectivity index (χ3v) is 5.20. The quantitative estimate of drug-likeness (QED) is 0.766. The Labute approximate surface area is 128 Å². The van der Waals surface area contributed by atoms with Crippen molar-refractivity contribution < 1.29 is 8.42 Å². The van der Waals surface area contributed by atoms with Gasteiger partial charge < -0.3 is 5.73 Å². The van der Waals surface area contributed by atoms with Gasteiger partial charge in [0.15, 0.2) is 0 Å². The van der Waals surface area contributed by atoms with Crippen LogP contribution in [0, 0.1) is 0 Å². The molecule has 2 rings (SSSR count). The van der Waals surface area contributed by atoms with Gasteiger partial charge >= 0.3 is 0 Å². The molecule has 0 unspecified atom stereocenters. The normalized spacial score (nSPS) is 11.3. The van der Waals surface area contributed by atoms with Crippen molar-refractivity contribution in [2.75, 3.05) is 10.5 Å². The Morgan fingerprint density at radius 3 is 2.21 bits per heavy atom. The summed E-state index contributed by atoms with van der Waals surface area (Å²) in [6, 6.07) is 11.4. The molecule has 0 heterocycles. The van der Waals surface area contributed by atoms with Crippen LogP contribution < -0.4 is 10.5 Å². The first-order chi connectivity index (χ1) is 8.88. The molecule has 0 saturated carbocycles. The molecular weight excluding hydrogens is 396 g/mol. The number of nitrogens with two attached hydrogens (primary N) is 1. The average molecular weight is 406 g/mol. The molecule has 0 saturated heterocycles. The molecule has 0 aromatic heterocycles. The SMILES string of the molecule is Nc1ccc(NS(=O)(=O)c2ccc(Br)cc2Br)cc1. The van der Waals surface area contributed by atoms with E-state index in [1.165, 1.54) is 6.07 Å². The van der Waals surface area contributed by atoms with E-state index in [1.54, 1.807) is 36.4 Å². The number of anilines is 2. The molecule has 0 fully saturated rings. The monoisotopic (exact) mass is 404 g/mol. The second-order valence-corrected chi connectivity index (χ2v) is 7.22. The molecule has 0 spiro atoms. The van der Waals surface area contributed by atoms with Crippen molar-refractivity contribution in [3.63, 3.8) is 0 Å². The van der Waals surface area contributed by atoms with Gasteiger partial charge in [0.2, 0.25) is 0 Å². The standard InChI is InChI=1S/C12H10Br2N2O2S/c13-8-1-6-12(11(14)7-8)19(17,18)16-10-4-2-9(15)3-5-10/h1-7,16H,15H2. The molecular formula is C12H10Br2N2O2S. The molecule has 0 aliphatic carbocycles. The predicted octanol–water partition coefficient (Wildman–Crippen LogP) is 3.59. The van der Waals surface area contributed by atoms with Gasteiger partial charge in [-0.05, 0) is 58.4 Å². The molecule has 3 N–H and O–H groups in total. The summed E-state index contributed by atoms with van der Waals surface area (Å²) in [4.78, 5) is 0.174. The highest BCUT2D eigenvalue weighted by Gasteiger charge is 2.17. The number of nitrogen functional groups attached to an aromatic ring is 1. The van der Waals surface area contributed by atoms with E-state index in [2.05, 4.69) is 36.6 Å². The van der Waals surface area contributed by atoms with Crippen molar-refractivity contribution in [3.8, 4) is 0 Å². The number of nitrogens with one attached hydrogen (secondary N) is 1. The van der Waals surface area contributed by atoms with E-state index in [4.69, 9.17) is 5.73 Å². The third kappa shape index (κ3) is 3.49. The zero-order valence-electron chi connectivity index (χ0n) is 9.60. The molecule has 0 bridgehead atoms. The van der Waals surface area contributed by atoms with Gasteiger partial charge in [0, 0.05) is 20.3 Å². The van der Waals surface area contributed by atoms with E-state index in [9.17, 15) is 8.42 Å². The molecule has 100 valence electrons. The molecule has 2 aromatic carbocycles. The van der Waals surface area contributed by atoms with E-state index in [-0.39, 0.29) is 4.90 Å². The van der Waals surface area contributed by atoms with Crippen LogP contribution in [0.15, 0.2) is 56.3 Å². The maximum Gasteiger partial charge on any atom is 0.263 e. The number of hydrogen-bond acceptors (Lipinski definition) is 3. The second-order valence-electron chi connectivity index (χ2n) is 3.80. The lowest BCUT2D eigenvalue weighted by atomic mass is 10.3. The fourth-order valence-electron chi connectivity index (χ4n) is 1.45. The zero-order valence-corrected chi connectivity index (χ0v) is 13.6. The highest BCUT2D eigenvalue weighted by atomic mass is 79.9. The largest absolute Gasteiger partial charge is 0.399 e. The summed E-state index contributed by atoms with van der Waals surface area (Å²) < 4.78 is 28.2. The summed E-state index contributed by atoms with van der Waals surface area (Å²) >= 11 is 6.52. The van der Waals surface area contributed by atoms with Crippen LogP contribution in [0.5, 0.6) is 0 Å². The molecule has 7 heteroatoms. The predicted molar refractivity (Wildman–Crippen MR) is 83.5 cm³/mol. The lowest BCUT2D eigenvalue weighted by Gasteiger charge is -2.10. The van der Waals surface area contributed by atoms with Crippen LogP contribution in [-0.4, -0.2) is 8.42 Å². The van der Waals surface area contributed by atoms with E-state index >= 15 is 0 Å². The minimum absolute atomic E-state index is 0.174. The van der Waals surface area contributed by atoms with Crippen molar-refractivity contribution in [1.29, 1.82) is 0 Å². The number of benzene rings is 2. The van der Waals surface area contributed by atoms with Gasteiger partial charge in [0.1, 0.15) is 4.90 Å². The van der Waals surface area contributed by atoms with Crippen LogP contribution in [-0.2, 0) is 10.0 Å². The molecule has 4 nitrogen and oxygen atoms in total. The maximum atomic E-state index is 12.2. The molecule has 2 aromatic rings. The number of rotatable bonds is 3. The van der Waals surface area contributed by atoms with Crippen LogP contribution in [0.25, 0.3) is 0 Å². The van der Waals surface area contributed by atoms with Gasteiger partial charge in [0.25, 0.3) is 10.0 Å². The zero-order chi connectivity index (χ0) is 14.0. The molecule has 0 atom stereocenters. The Kier molecular flexibility index (Phi) is 4.17. The summed E-state index contributed by atoms with van der Waals surface area (Å²) in [5, 5.41) is 0. The van der Waals surface area contributed by atoms with Crippen molar-refractivity contribution in [3.05, 3.63) is 51.4 Å². The van der Waals surface area contributed by atoms with E-state index < -0.39 is 10.0 Å². The lowest BCUT2D eigenvalue weighted by Crippen LogP contribution is -2.13. The fourth-order valence-corrected chi connectivity index (χ4v) is 4.26. The third-order valence-electron chi connectivity index (χ3n) is 2.35. The van der Waals surface area contributed by atoms with E-state index in [1.807, 2.05) is 0 Å². The van der Waals surface area contributed by atoms with Gasteiger partial charge in [-0.3, -0.25) is 4.72 Å². The molecule has 0 radical (unpaired) electrons. The highest BCUT2D eigenvalue weighted by molar-refractivity contribution is 9.11. The van der Waals surface area contributed by atoms with Crippen molar-refractivity contribution >= 4 is 53.3 Å². The Balaban J connectivity index is 2.35. The number of halogens is 2. The fraction of sp³-hybridized carbons (Fsp3) is 0. The molecule has 19 heavy (non-hydrogen) atoms. The van der Waals surface area contributed by atoms with Gasteiger partial charge in [-0.1, -0.05) is 15.9 Å². The number of sulfonamides is 1. The van der Waals surface area contributed by atoms with Gasteiger partial charge in [-0.15, -0.1) is 0 Å². The summed E-state index contributed by atoms with van der Waals surface area (Å²) in [5.74, 6) is 0. The van der Waals surface area contributed by atoms with Crippen LogP contribution in [0.1, 0.15) is 0 Å². The van der Waals surface area contributed by atoms with Gasteiger partial charge in [-0.2, -0.15) is 0 Å². The van der Waals surface area contributed by atoms with Crippen LogP contribution in [0.2, 0.25) is 0 Å². The Morgan fingerprint density at radius 1 is 1.00 bits per heavy atom. The van der Waals surface area contributed by atoms with Crippen molar-refractivity contribution in [2.24, 2.45) is 0 Å². The minimum Gasteiger partial charge on any atom is -0.399 e. The van der Waals surface area contributed by atoms with Crippen LogP contribution in [0.3, 0.4) is 0 Å². The molecule has 0 aliphatic heterocycles. The van der Waals surface area contributed by atoms with E-state index in [0.29, 0.717) is 15.8 Å². The molecule has 0 amide bonds. The smallest absolute Gasteiger partial charge is 0.263 e. The Bertz CT molecular complexity index is 700. The summed E-state index contributed by atoms with van der Waals surface area (Å²) in [6.45, 7) is 0. The molecule has 0 aliphatic rings. The lowest BCUT2D eigenvalue weighted by molar-refractivity contribution is 0.600. The Morgan fingerprint density at radius 2 is 1.63 bits per heavy atom. The Hall–Kier alpha value is -1.05. The topological polar surface area (TPSA) is 72.2 Å². The highest BCUT2D eigenvalue weighted by Crippen LogP contribution is 2.27. The summed E-state index contributed by atoms with van der Waals surface area (Å²) in [5.41, 5.74) is 6.59.